The van der Waals surface area contributed by atoms with Crippen molar-refractivity contribution in [3.63, 3.8) is 0 Å². The number of benzene rings is 1. The fourth-order valence-electron chi connectivity index (χ4n) is 1.11. The number of hydrogen-bond acceptors (Lipinski definition) is 10. The van der Waals surface area contributed by atoms with Gasteiger partial charge in [-0.2, -0.15) is 18.2 Å². The van der Waals surface area contributed by atoms with Gasteiger partial charge in [0, 0.05) is 34.9 Å². The van der Waals surface area contributed by atoms with Crippen molar-refractivity contribution in [3.8, 4) is 5.75 Å². The maximum atomic E-state index is 8.03. The zero-order chi connectivity index (χ0) is 23.2. The van der Waals surface area contributed by atoms with Crippen molar-refractivity contribution < 1.29 is 42.3 Å². The van der Waals surface area contributed by atoms with Crippen LogP contribution in [0.4, 0.5) is 0 Å². The van der Waals surface area contributed by atoms with Crippen LogP contribution in [-0.2, 0) is 16.8 Å². The molecule has 1 aromatic carbocycles. The number of oxime groups is 4. The van der Waals surface area contributed by atoms with E-state index in [1.807, 2.05) is 42.5 Å². The minimum atomic E-state index is 0. The van der Waals surface area contributed by atoms with Gasteiger partial charge in [-0.3, -0.25) is 4.98 Å². The van der Waals surface area contributed by atoms with Crippen LogP contribution in [0, 0.1) is 6.07 Å². The fourth-order valence-corrected chi connectivity index (χ4v) is 1.11. The van der Waals surface area contributed by atoms with Gasteiger partial charge in [-0.15, -0.1) is 12.1 Å². The number of pyridine rings is 1. The Bertz CT molecular complexity index is 694. The third kappa shape index (κ3) is 19.6. The number of aromatic nitrogens is 1. The van der Waals surface area contributed by atoms with Crippen molar-refractivity contribution in [3.05, 3.63) is 60.9 Å². The monoisotopic (exact) mass is 477 g/mol. The van der Waals surface area contributed by atoms with Crippen molar-refractivity contribution in [2.24, 2.45) is 20.6 Å². The van der Waals surface area contributed by atoms with Crippen LogP contribution in [0.15, 0.2) is 75.5 Å². The van der Waals surface area contributed by atoms with Gasteiger partial charge in [0.05, 0.1) is 7.11 Å². The summed E-state index contributed by atoms with van der Waals surface area (Å²) in [6.45, 7) is 6.15. The van der Waals surface area contributed by atoms with E-state index < -0.39 is 0 Å². The number of hydrogen-bond donors (Lipinski definition) is 4. The molecule has 0 spiro atoms. The van der Waals surface area contributed by atoms with Crippen LogP contribution in [0.1, 0.15) is 27.7 Å². The molecule has 0 aliphatic carbocycles. The third-order valence-corrected chi connectivity index (χ3v) is 3.14. The molecule has 1 aromatic heterocycles. The maximum Gasteiger partial charge on any atom is 0.101 e. The average Bonchev–Trinajstić information content (AvgIpc) is 2.84. The molecule has 31 heavy (non-hydrogen) atoms. The van der Waals surface area contributed by atoms with Crippen molar-refractivity contribution >= 4 is 22.8 Å². The number of nitrogens with zero attached hydrogens (tertiary/aromatic N) is 5. The van der Waals surface area contributed by atoms with Gasteiger partial charge in [0.25, 0.3) is 0 Å². The van der Waals surface area contributed by atoms with Crippen LogP contribution in [0.5, 0.6) is 5.75 Å². The molecule has 0 saturated carbocycles. The van der Waals surface area contributed by atoms with Crippen molar-refractivity contribution in [2.75, 3.05) is 7.11 Å². The largest absolute Gasteiger partial charge is 0.522 e. The molecular weight excluding hydrogens is 449 g/mol. The van der Waals surface area contributed by atoms with E-state index in [-0.39, 0.29) is 16.8 Å². The molecule has 0 aliphatic rings. The quantitative estimate of drug-likeness (QED) is 0.227. The van der Waals surface area contributed by atoms with Gasteiger partial charge in [0.15, 0.2) is 0 Å². The van der Waals surface area contributed by atoms with Crippen LogP contribution in [0.2, 0.25) is 0 Å². The van der Waals surface area contributed by atoms with Gasteiger partial charge < -0.3 is 25.6 Å². The Labute approximate surface area is 192 Å². The molecule has 4 N–H and O–H groups in total. The van der Waals surface area contributed by atoms with E-state index in [4.69, 9.17) is 25.6 Å². The van der Waals surface area contributed by atoms with Crippen molar-refractivity contribution in [1.82, 2.24) is 4.98 Å². The minimum Gasteiger partial charge on any atom is -0.522 e. The summed E-state index contributed by atoms with van der Waals surface area (Å²) in [5, 5.41) is 43.3. The molecule has 11 heteroatoms. The first kappa shape index (κ1) is 32.2. The first-order valence-corrected chi connectivity index (χ1v) is 8.48. The summed E-state index contributed by atoms with van der Waals surface area (Å²) in [6.07, 6.45) is 3.50. The molecule has 2 rings (SSSR count). The van der Waals surface area contributed by atoms with E-state index in [0.29, 0.717) is 22.8 Å². The molecule has 1 heterocycles. The number of rotatable bonds is 3. The topological polar surface area (TPSA) is 152 Å². The minimum absolute atomic E-state index is 0. The Morgan fingerprint density at radius 1 is 0.742 bits per heavy atom. The van der Waals surface area contributed by atoms with E-state index in [9.17, 15) is 0 Å². The summed E-state index contributed by atoms with van der Waals surface area (Å²) < 4.78 is 4.89. The number of ether oxygens (including phenoxy) is 1. The molecule has 0 amide bonds. The summed E-state index contributed by atoms with van der Waals surface area (Å²) in [5.41, 5.74) is 1.25. The molecular formula is C20H28CoN5O5-. The zero-order valence-corrected chi connectivity index (χ0v) is 19.0. The normalized spacial score (nSPS) is 11.1. The Kier molecular flexibility index (Phi) is 23.7. The second-order valence-electron chi connectivity index (χ2n) is 5.21. The van der Waals surface area contributed by atoms with Crippen LogP contribution >= 0.6 is 0 Å². The molecule has 2 aromatic rings. The number of methoxy groups -OCH3 is 1. The summed E-state index contributed by atoms with van der Waals surface area (Å²) in [5.74, 6) is 0.878. The zero-order valence-electron chi connectivity index (χ0n) is 18.0. The first-order chi connectivity index (χ1) is 14.4. The molecule has 0 aliphatic heterocycles. The van der Waals surface area contributed by atoms with E-state index in [1.54, 1.807) is 19.5 Å². The molecule has 0 atom stereocenters. The summed E-state index contributed by atoms with van der Waals surface area (Å²) >= 11 is 0. The summed E-state index contributed by atoms with van der Waals surface area (Å²) in [7, 11) is 1.65. The van der Waals surface area contributed by atoms with Gasteiger partial charge >= 0.3 is 0 Å². The third-order valence-electron chi connectivity index (χ3n) is 3.14. The standard InChI is InChI=1S/C7H7O.C5H5N.2C4H8N2O2.Co/c1-8-7-5-3-2-4-6-7;1-2-4-6-5-3-1;2*1-3(5-7)4(2)6-8;/h3-6H,1H3;1-5H;2*7-8H,1-2H3;/q-1;;;;/b;;2*5-3+,6-4+;. The second kappa shape index (κ2) is 22.8. The van der Waals surface area contributed by atoms with Gasteiger partial charge in [-0.1, -0.05) is 26.7 Å². The smallest absolute Gasteiger partial charge is 0.101 e. The first-order valence-electron chi connectivity index (χ1n) is 8.48. The van der Waals surface area contributed by atoms with Crippen LogP contribution in [0.3, 0.4) is 0 Å². The Morgan fingerprint density at radius 3 is 1.26 bits per heavy atom. The van der Waals surface area contributed by atoms with Crippen LogP contribution in [-0.4, -0.2) is 55.8 Å². The predicted molar refractivity (Wildman–Crippen MR) is 116 cm³/mol. The molecule has 10 nitrogen and oxygen atoms in total. The fraction of sp³-hybridized carbons (Fsp3) is 0.250. The predicted octanol–water partition coefficient (Wildman–Crippen LogP) is 3.95. The summed E-state index contributed by atoms with van der Waals surface area (Å²) in [6, 6.07) is 16.0. The van der Waals surface area contributed by atoms with E-state index in [2.05, 4.69) is 31.7 Å². The van der Waals surface area contributed by atoms with Gasteiger partial charge in [-0.25, -0.2) is 0 Å². The molecule has 0 saturated heterocycles. The Morgan fingerprint density at radius 2 is 1.10 bits per heavy atom. The van der Waals surface area contributed by atoms with Crippen LogP contribution in [0.25, 0.3) is 0 Å². The van der Waals surface area contributed by atoms with Crippen molar-refractivity contribution in [1.29, 1.82) is 0 Å². The average molecular weight is 477 g/mol. The van der Waals surface area contributed by atoms with Gasteiger partial charge in [0.1, 0.15) is 22.8 Å². The Balaban J connectivity index is -0.000000335. The molecule has 0 bridgehead atoms. The Hall–Kier alpha value is -3.44. The van der Waals surface area contributed by atoms with E-state index in [1.165, 1.54) is 27.7 Å². The molecule has 0 fully saturated rings. The maximum absolute atomic E-state index is 8.03. The SMILES string of the molecule is CC(=N\O)/C(C)=N/O.CC(=N\O)/C(C)=N/O.COc1cc[c-]cc1.[Co].c1ccncc1. The van der Waals surface area contributed by atoms with E-state index in [0.717, 1.165) is 5.75 Å². The van der Waals surface area contributed by atoms with Gasteiger partial charge in [0.2, 0.25) is 0 Å². The molecule has 173 valence electrons. The van der Waals surface area contributed by atoms with Crippen LogP contribution < -0.4 is 4.74 Å². The van der Waals surface area contributed by atoms with Gasteiger partial charge in [-0.05, 0) is 39.8 Å². The second-order valence-corrected chi connectivity index (χ2v) is 5.21. The molecule has 0 unspecified atom stereocenters. The molecule has 1 radical (unpaired) electrons. The summed E-state index contributed by atoms with van der Waals surface area (Å²) in [4.78, 5) is 3.78. The van der Waals surface area contributed by atoms with E-state index >= 15 is 0 Å². The van der Waals surface area contributed by atoms with Crippen molar-refractivity contribution in [2.45, 2.75) is 27.7 Å².